The molecule has 1 amide bonds. The molecule has 0 unspecified atom stereocenters. The molecule has 0 saturated heterocycles. The maximum atomic E-state index is 12.8. The van der Waals surface area contributed by atoms with Crippen molar-refractivity contribution in [1.29, 1.82) is 0 Å². The molecule has 0 aliphatic carbocycles. The zero-order chi connectivity index (χ0) is 21.4. The minimum absolute atomic E-state index is 0.112. The standard InChI is InChI=1S/C21H28N2O5S/c1-5-23(6-2)29(25,26)18-11-12-20(28-7-3)19(15-18)22-21(24)14-16-9-8-10-17(13-16)27-4/h8-13,15H,5-7,14H2,1-4H3,(H,22,24). The number of carbonyl (C=O) groups excluding carboxylic acids is 1. The van der Waals surface area contributed by atoms with Crippen LogP contribution in [0.1, 0.15) is 26.3 Å². The normalized spacial score (nSPS) is 11.3. The smallest absolute Gasteiger partial charge is 0.243 e. The van der Waals surface area contributed by atoms with E-state index in [0.29, 0.717) is 36.9 Å². The first-order chi connectivity index (χ1) is 13.8. The number of methoxy groups -OCH3 is 1. The molecular weight excluding hydrogens is 392 g/mol. The Labute approximate surface area is 172 Å². The lowest BCUT2D eigenvalue weighted by Crippen LogP contribution is -2.30. The summed E-state index contributed by atoms with van der Waals surface area (Å²) in [5.41, 5.74) is 1.11. The van der Waals surface area contributed by atoms with E-state index in [1.54, 1.807) is 39.2 Å². The second kappa shape index (κ2) is 10.3. The lowest BCUT2D eigenvalue weighted by atomic mass is 10.1. The van der Waals surface area contributed by atoms with Gasteiger partial charge in [-0.2, -0.15) is 4.31 Å². The van der Waals surface area contributed by atoms with Gasteiger partial charge in [0.2, 0.25) is 15.9 Å². The van der Waals surface area contributed by atoms with Crippen molar-refractivity contribution in [2.45, 2.75) is 32.1 Å². The summed E-state index contributed by atoms with van der Waals surface area (Å²) in [4.78, 5) is 12.7. The van der Waals surface area contributed by atoms with Gasteiger partial charge >= 0.3 is 0 Å². The van der Waals surface area contributed by atoms with Gasteiger partial charge in [-0.15, -0.1) is 0 Å². The van der Waals surface area contributed by atoms with E-state index in [1.165, 1.54) is 16.4 Å². The molecule has 0 fully saturated rings. The van der Waals surface area contributed by atoms with Crippen LogP contribution in [0.5, 0.6) is 11.5 Å². The Morgan fingerprint density at radius 2 is 1.79 bits per heavy atom. The third-order valence-corrected chi connectivity index (χ3v) is 6.41. The summed E-state index contributed by atoms with van der Waals surface area (Å²) in [7, 11) is -2.08. The number of rotatable bonds is 10. The highest BCUT2D eigenvalue weighted by molar-refractivity contribution is 7.89. The van der Waals surface area contributed by atoms with Gasteiger partial charge in [-0.1, -0.05) is 26.0 Å². The van der Waals surface area contributed by atoms with E-state index >= 15 is 0 Å². The third-order valence-electron chi connectivity index (χ3n) is 4.37. The molecule has 1 N–H and O–H groups in total. The maximum Gasteiger partial charge on any atom is 0.243 e. The molecule has 0 saturated carbocycles. The highest BCUT2D eigenvalue weighted by Gasteiger charge is 2.23. The van der Waals surface area contributed by atoms with E-state index in [1.807, 2.05) is 19.1 Å². The van der Waals surface area contributed by atoms with Crippen LogP contribution in [0.3, 0.4) is 0 Å². The van der Waals surface area contributed by atoms with Crippen molar-refractivity contribution in [1.82, 2.24) is 4.31 Å². The van der Waals surface area contributed by atoms with Crippen molar-refractivity contribution >= 4 is 21.6 Å². The molecule has 158 valence electrons. The monoisotopic (exact) mass is 420 g/mol. The first kappa shape index (κ1) is 22.7. The largest absolute Gasteiger partial charge is 0.497 e. The number of anilines is 1. The van der Waals surface area contributed by atoms with E-state index < -0.39 is 10.0 Å². The fourth-order valence-electron chi connectivity index (χ4n) is 2.92. The molecule has 29 heavy (non-hydrogen) atoms. The number of sulfonamides is 1. The number of hydrogen-bond acceptors (Lipinski definition) is 5. The fourth-order valence-corrected chi connectivity index (χ4v) is 4.41. The van der Waals surface area contributed by atoms with E-state index in [9.17, 15) is 13.2 Å². The fraction of sp³-hybridized carbons (Fsp3) is 0.381. The van der Waals surface area contributed by atoms with Gasteiger partial charge in [0.05, 0.1) is 30.7 Å². The molecule has 2 rings (SSSR count). The number of carbonyl (C=O) groups is 1. The maximum absolute atomic E-state index is 12.8. The second-order valence-electron chi connectivity index (χ2n) is 6.26. The Kier molecular flexibility index (Phi) is 8.04. The Bertz CT molecular complexity index is 940. The minimum Gasteiger partial charge on any atom is -0.497 e. The Morgan fingerprint density at radius 3 is 2.41 bits per heavy atom. The zero-order valence-corrected chi connectivity index (χ0v) is 18.1. The van der Waals surface area contributed by atoms with Gasteiger partial charge in [-0.25, -0.2) is 8.42 Å². The number of benzene rings is 2. The van der Waals surface area contributed by atoms with E-state index in [-0.39, 0.29) is 17.2 Å². The van der Waals surface area contributed by atoms with Crippen molar-refractivity contribution in [3.05, 3.63) is 48.0 Å². The van der Waals surface area contributed by atoms with Crippen LogP contribution in [-0.2, 0) is 21.2 Å². The van der Waals surface area contributed by atoms with Crippen LogP contribution in [0.2, 0.25) is 0 Å². The molecule has 0 radical (unpaired) electrons. The van der Waals surface area contributed by atoms with Gasteiger partial charge in [0, 0.05) is 13.1 Å². The number of hydrogen-bond donors (Lipinski definition) is 1. The summed E-state index contributed by atoms with van der Waals surface area (Å²) in [6.45, 7) is 6.51. The van der Waals surface area contributed by atoms with Crippen LogP contribution < -0.4 is 14.8 Å². The van der Waals surface area contributed by atoms with E-state index in [0.717, 1.165) is 5.56 Å². The lowest BCUT2D eigenvalue weighted by Gasteiger charge is -2.20. The highest BCUT2D eigenvalue weighted by atomic mass is 32.2. The molecule has 2 aromatic carbocycles. The van der Waals surface area contributed by atoms with Gasteiger partial charge in [-0.3, -0.25) is 4.79 Å². The number of nitrogens with zero attached hydrogens (tertiary/aromatic N) is 1. The van der Waals surface area contributed by atoms with Crippen LogP contribution in [0.4, 0.5) is 5.69 Å². The summed E-state index contributed by atoms with van der Waals surface area (Å²) < 4.78 is 37.8. The first-order valence-corrected chi connectivity index (χ1v) is 11.0. The molecule has 0 aliphatic heterocycles. The van der Waals surface area contributed by atoms with Gasteiger partial charge in [0.15, 0.2) is 0 Å². The third kappa shape index (κ3) is 5.71. The average Bonchev–Trinajstić information content (AvgIpc) is 2.70. The average molecular weight is 421 g/mol. The van der Waals surface area contributed by atoms with Crippen molar-refractivity contribution in [2.75, 3.05) is 32.1 Å². The first-order valence-electron chi connectivity index (χ1n) is 9.55. The molecule has 0 aromatic heterocycles. The summed E-state index contributed by atoms with van der Waals surface area (Å²) in [6.07, 6.45) is 0.121. The van der Waals surface area contributed by atoms with Crippen molar-refractivity contribution in [2.24, 2.45) is 0 Å². The Hall–Kier alpha value is -2.58. The van der Waals surface area contributed by atoms with Crippen LogP contribution >= 0.6 is 0 Å². The summed E-state index contributed by atoms with van der Waals surface area (Å²) in [5.74, 6) is 0.805. The molecule has 0 heterocycles. The predicted octanol–water partition coefficient (Wildman–Crippen LogP) is 3.31. The highest BCUT2D eigenvalue weighted by Crippen LogP contribution is 2.29. The SMILES string of the molecule is CCOc1ccc(S(=O)(=O)N(CC)CC)cc1NC(=O)Cc1cccc(OC)c1. The predicted molar refractivity (Wildman–Crippen MR) is 113 cm³/mol. The van der Waals surface area contributed by atoms with Crippen molar-refractivity contribution < 1.29 is 22.7 Å². The molecule has 7 nitrogen and oxygen atoms in total. The molecule has 2 aromatic rings. The number of nitrogens with one attached hydrogen (secondary N) is 1. The molecule has 0 bridgehead atoms. The van der Waals surface area contributed by atoms with Crippen molar-refractivity contribution in [3.63, 3.8) is 0 Å². The van der Waals surface area contributed by atoms with Gasteiger partial charge in [0.1, 0.15) is 11.5 Å². The number of ether oxygens (including phenoxy) is 2. The Balaban J connectivity index is 2.30. The molecule has 0 spiro atoms. The van der Waals surface area contributed by atoms with Crippen LogP contribution in [0, 0.1) is 0 Å². The van der Waals surface area contributed by atoms with Crippen LogP contribution in [0.15, 0.2) is 47.4 Å². The summed E-state index contributed by atoms with van der Waals surface area (Å²) in [6, 6.07) is 11.7. The summed E-state index contributed by atoms with van der Waals surface area (Å²) >= 11 is 0. The number of amides is 1. The zero-order valence-electron chi connectivity index (χ0n) is 17.3. The molecule has 0 atom stereocenters. The molecule has 0 aliphatic rings. The van der Waals surface area contributed by atoms with Gasteiger partial charge in [0.25, 0.3) is 0 Å². The topological polar surface area (TPSA) is 84.9 Å². The Morgan fingerprint density at radius 1 is 1.07 bits per heavy atom. The van der Waals surface area contributed by atoms with Crippen LogP contribution in [-0.4, -0.2) is 45.4 Å². The van der Waals surface area contributed by atoms with Crippen LogP contribution in [0.25, 0.3) is 0 Å². The van der Waals surface area contributed by atoms with Gasteiger partial charge < -0.3 is 14.8 Å². The summed E-state index contributed by atoms with van der Waals surface area (Å²) in [5, 5.41) is 2.78. The lowest BCUT2D eigenvalue weighted by molar-refractivity contribution is -0.115. The second-order valence-corrected chi connectivity index (χ2v) is 8.19. The van der Waals surface area contributed by atoms with Gasteiger partial charge in [-0.05, 0) is 42.8 Å². The minimum atomic E-state index is -3.65. The molecule has 8 heteroatoms. The quantitative estimate of drug-likeness (QED) is 0.637. The van der Waals surface area contributed by atoms with E-state index in [4.69, 9.17) is 9.47 Å². The van der Waals surface area contributed by atoms with E-state index in [2.05, 4.69) is 5.32 Å². The van der Waals surface area contributed by atoms with Crippen molar-refractivity contribution in [3.8, 4) is 11.5 Å². The molecular formula is C21H28N2O5S.